The van der Waals surface area contributed by atoms with Crippen LogP contribution in [0.4, 0.5) is 5.69 Å². The van der Waals surface area contributed by atoms with Crippen LogP contribution in [0.1, 0.15) is 0 Å². The van der Waals surface area contributed by atoms with Crippen LogP contribution < -0.4 is 5.73 Å². The Balaban J connectivity index is 2.08. The third kappa shape index (κ3) is 2.22. The van der Waals surface area contributed by atoms with E-state index in [1.54, 1.807) is 40.5 Å². The molecule has 5 nitrogen and oxygen atoms in total. The first kappa shape index (κ1) is 12.8. The molecule has 7 heteroatoms. The van der Waals surface area contributed by atoms with Gasteiger partial charge in [-0.05, 0) is 18.2 Å². The van der Waals surface area contributed by atoms with E-state index in [1.165, 1.54) is 0 Å². The minimum atomic E-state index is -3.41. The van der Waals surface area contributed by atoms with Crippen molar-refractivity contribution in [1.29, 1.82) is 0 Å². The van der Waals surface area contributed by atoms with Crippen LogP contribution in [-0.4, -0.2) is 42.3 Å². The first-order valence-corrected chi connectivity index (χ1v) is 8.63. The number of benzene rings is 1. The molecule has 1 aliphatic rings. The Hall–Kier alpha value is -1.18. The number of nitrogen functional groups attached to an aromatic ring is 1. The summed E-state index contributed by atoms with van der Waals surface area (Å²) < 4.78 is 26.8. The summed E-state index contributed by atoms with van der Waals surface area (Å²) in [6.45, 7) is 1.16. The van der Waals surface area contributed by atoms with Gasteiger partial charge in [0.25, 0.3) is 0 Å². The lowest BCUT2D eigenvalue weighted by Crippen LogP contribution is -2.37. The van der Waals surface area contributed by atoms with E-state index >= 15 is 0 Å². The number of sulfonamides is 1. The predicted molar refractivity (Wildman–Crippen MR) is 78.8 cm³/mol. The summed E-state index contributed by atoms with van der Waals surface area (Å²) in [5, 5.41) is 0.701. The number of nitrogens with one attached hydrogen (secondary N) is 1. The molecule has 0 saturated carbocycles. The second kappa shape index (κ2) is 4.73. The zero-order valence-electron chi connectivity index (χ0n) is 10.3. The van der Waals surface area contributed by atoms with E-state index in [0.717, 1.165) is 17.0 Å². The molecule has 1 aromatic heterocycles. The lowest BCUT2D eigenvalue weighted by atomic mass is 10.2. The second-order valence-corrected chi connectivity index (χ2v) is 7.61. The summed E-state index contributed by atoms with van der Waals surface area (Å²) in [5.41, 5.74) is 7.08. The van der Waals surface area contributed by atoms with E-state index < -0.39 is 10.0 Å². The van der Waals surface area contributed by atoms with Crippen molar-refractivity contribution in [3.8, 4) is 0 Å². The average molecular weight is 297 g/mol. The molecule has 1 fully saturated rings. The van der Waals surface area contributed by atoms with Crippen molar-refractivity contribution < 1.29 is 8.42 Å². The van der Waals surface area contributed by atoms with Gasteiger partial charge in [0.2, 0.25) is 10.0 Å². The molecule has 0 amide bonds. The normalized spacial score (nSPS) is 17.9. The largest absolute Gasteiger partial charge is 0.399 e. The molecule has 0 atom stereocenters. The Morgan fingerprint density at radius 3 is 2.74 bits per heavy atom. The van der Waals surface area contributed by atoms with Crippen LogP contribution in [-0.2, 0) is 10.0 Å². The van der Waals surface area contributed by atoms with E-state index in [4.69, 9.17) is 5.73 Å². The average Bonchev–Trinajstić information content (AvgIpc) is 2.83. The predicted octanol–water partition coefficient (Wildman–Crippen LogP) is 1.49. The van der Waals surface area contributed by atoms with Gasteiger partial charge in [-0.3, -0.25) is 0 Å². The number of anilines is 1. The first-order chi connectivity index (χ1) is 9.09. The van der Waals surface area contributed by atoms with Crippen LogP contribution in [0, 0.1) is 0 Å². The van der Waals surface area contributed by atoms with Gasteiger partial charge in [-0.2, -0.15) is 16.1 Å². The molecule has 3 rings (SSSR count). The number of hydrogen-bond donors (Lipinski definition) is 2. The van der Waals surface area contributed by atoms with Gasteiger partial charge in [-0.15, -0.1) is 0 Å². The van der Waals surface area contributed by atoms with E-state index in [1.807, 2.05) is 0 Å². The van der Waals surface area contributed by atoms with Crippen molar-refractivity contribution in [2.45, 2.75) is 4.90 Å². The van der Waals surface area contributed by atoms with Gasteiger partial charge >= 0.3 is 0 Å². The smallest absolute Gasteiger partial charge is 0.245 e. The number of nitrogens with two attached hydrogens (primary N) is 1. The van der Waals surface area contributed by atoms with E-state index in [-0.39, 0.29) is 0 Å². The van der Waals surface area contributed by atoms with Crippen molar-refractivity contribution in [2.75, 3.05) is 30.3 Å². The lowest BCUT2D eigenvalue weighted by molar-refractivity contribution is 0.444. The minimum absolute atomic E-state index is 0.342. The third-order valence-corrected chi connectivity index (χ3v) is 6.14. The zero-order valence-corrected chi connectivity index (χ0v) is 11.9. The molecule has 0 aliphatic carbocycles. The van der Waals surface area contributed by atoms with Crippen molar-refractivity contribution in [3.63, 3.8) is 0 Å². The zero-order chi connectivity index (χ0) is 13.5. The Morgan fingerprint density at radius 1 is 1.26 bits per heavy atom. The number of rotatable bonds is 2. The highest BCUT2D eigenvalue weighted by atomic mass is 32.2. The molecule has 19 heavy (non-hydrogen) atoms. The van der Waals surface area contributed by atoms with Gasteiger partial charge in [-0.1, -0.05) is 0 Å². The maximum absolute atomic E-state index is 12.6. The SMILES string of the molecule is Nc1ccc2c(S(=O)(=O)N3CCSCC3)c[nH]c2c1. The fourth-order valence-corrected chi connectivity index (χ4v) is 5.00. The van der Waals surface area contributed by atoms with Crippen LogP contribution >= 0.6 is 11.8 Å². The monoisotopic (exact) mass is 297 g/mol. The van der Waals surface area contributed by atoms with E-state index in [2.05, 4.69) is 4.98 Å². The van der Waals surface area contributed by atoms with Gasteiger partial charge in [0, 0.05) is 47.4 Å². The highest BCUT2D eigenvalue weighted by Crippen LogP contribution is 2.28. The third-order valence-electron chi connectivity index (χ3n) is 3.26. The molecule has 0 unspecified atom stereocenters. The molecular formula is C12H15N3O2S2. The van der Waals surface area contributed by atoms with Crippen molar-refractivity contribution in [3.05, 3.63) is 24.4 Å². The summed E-state index contributed by atoms with van der Waals surface area (Å²) in [6, 6.07) is 5.23. The summed E-state index contributed by atoms with van der Waals surface area (Å²) in [7, 11) is -3.41. The van der Waals surface area contributed by atoms with Gasteiger partial charge < -0.3 is 10.7 Å². The molecule has 0 spiro atoms. The molecule has 1 aliphatic heterocycles. The summed E-state index contributed by atoms with van der Waals surface area (Å²) in [4.78, 5) is 3.33. The van der Waals surface area contributed by atoms with Gasteiger partial charge in [0.15, 0.2) is 0 Å². The van der Waals surface area contributed by atoms with Crippen molar-refractivity contribution >= 4 is 38.4 Å². The fourth-order valence-electron chi connectivity index (χ4n) is 2.26. The van der Waals surface area contributed by atoms with Gasteiger partial charge in [0.05, 0.1) is 0 Å². The lowest BCUT2D eigenvalue weighted by Gasteiger charge is -2.25. The molecule has 2 heterocycles. The van der Waals surface area contributed by atoms with Crippen LogP contribution in [0.15, 0.2) is 29.3 Å². The second-order valence-electron chi connectivity index (χ2n) is 4.47. The molecular weight excluding hydrogens is 282 g/mol. The van der Waals surface area contributed by atoms with Crippen molar-refractivity contribution in [2.24, 2.45) is 0 Å². The Bertz CT molecular complexity index is 703. The number of fused-ring (bicyclic) bond motifs is 1. The maximum atomic E-state index is 12.6. The summed E-state index contributed by atoms with van der Waals surface area (Å²) in [5.74, 6) is 1.71. The molecule has 102 valence electrons. The molecule has 2 aromatic rings. The van der Waals surface area contributed by atoms with Crippen LogP contribution in [0.2, 0.25) is 0 Å². The van der Waals surface area contributed by atoms with Crippen LogP contribution in [0.25, 0.3) is 10.9 Å². The van der Waals surface area contributed by atoms with Crippen LogP contribution in [0.3, 0.4) is 0 Å². The Morgan fingerprint density at radius 2 is 2.00 bits per heavy atom. The molecule has 0 radical (unpaired) electrons. The molecule has 0 bridgehead atoms. The van der Waals surface area contributed by atoms with Gasteiger partial charge in [0.1, 0.15) is 4.90 Å². The molecule has 1 saturated heterocycles. The quantitative estimate of drug-likeness (QED) is 0.823. The standard InChI is InChI=1S/C12H15N3O2S2/c13-9-1-2-10-11(7-9)14-8-12(10)19(16,17)15-3-5-18-6-4-15/h1-2,7-8,14H,3-6,13H2. The number of aromatic amines is 1. The fraction of sp³-hybridized carbons (Fsp3) is 0.333. The van der Waals surface area contributed by atoms with Crippen molar-refractivity contribution in [1.82, 2.24) is 9.29 Å². The summed E-state index contributed by atoms with van der Waals surface area (Å²) >= 11 is 1.79. The topological polar surface area (TPSA) is 79.2 Å². The number of aromatic nitrogens is 1. The Kier molecular flexibility index (Phi) is 3.20. The number of hydrogen-bond acceptors (Lipinski definition) is 4. The number of thioether (sulfide) groups is 1. The highest BCUT2D eigenvalue weighted by molar-refractivity contribution is 7.99. The van der Waals surface area contributed by atoms with E-state index in [9.17, 15) is 8.42 Å². The first-order valence-electron chi connectivity index (χ1n) is 6.03. The van der Waals surface area contributed by atoms with Gasteiger partial charge in [-0.25, -0.2) is 8.42 Å². The minimum Gasteiger partial charge on any atom is -0.399 e. The Labute approximate surface area is 116 Å². The van der Waals surface area contributed by atoms with E-state index in [0.29, 0.717) is 29.1 Å². The highest BCUT2D eigenvalue weighted by Gasteiger charge is 2.28. The number of H-pyrrole nitrogens is 1. The number of nitrogens with zero attached hydrogens (tertiary/aromatic N) is 1. The maximum Gasteiger partial charge on any atom is 0.245 e. The summed E-state index contributed by atoms with van der Waals surface area (Å²) in [6.07, 6.45) is 1.56. The molecule has 1 aromatic carbocycles. The van der Waals surface area contributed by atoms with Crippen LogP contribution in [0.5, 0.6) is 0 Å². The molecule has 3 N–H and O–H groups in total.